The molecule has 3 heteroatoms. The van der Waals surface area contributed by atoms with E-state index in [0.717, 1.165) is 0 Å². The second-order valence-electron chi connectivity index (χ2n) is 3.36. The summed E-state index contributed by atoms with van der Waals surface area (Å²) >= 11 is 0. The second kappa shape index (κ2) is 4.10. The van der Waals surface area contributed by atoms with Crippen LogP contribution in [0.3, 0.4) is 0 Å². The smallest absolute Gasteiger partial charge is 0.247 e. The summed E-state index contributed by atoms with van der Waals surface area (Å²) in [5, 5.41) is 2.97. The minimum absolute atomic E-state index is 0.426. The number of rotatable bonds is 3. The van der Waals surface area contributed by atoms with Crippen LogP contribution in [0.5, 0.6) is 0 Å². The Labute approximate surface area is 84.8 Å². The van der Waals surface area contributed by atoms with Gasteiger partial charge in [0, 0.05) is 13.8 Å². The summed E-state index contributed by atoms with van der Waals surface area (Å²) in [5.41, 5.74) is 0. The van der Waals surface area contributed by atoms with Crippen molar-refractivity contribution in [2.24, 2.45) is 0 Å². The van der Waals surface area contributed by atoms with Gasteiger partial charge in [-0.05, 0) is 13.0 Å². The van der Waals surface area contributed by atoms with E-state index >= 15 is 0 Å². The number of terminal acetylenes is 1. The maximum absolute atomic E-state index is 5.54. The molecular formula is C11H15NO2. The predicted molar refractivity (Wildman–Crippen MR) is 54.9 cm³/mol. The highest BCUT2D eigenvalue weighted by Gasteiger charge is 2.32. The van der Waals surface area contributed by atoms with Crippen molar-refractivity contribution in [1.29, 1.82) is 0 Å². The van der Waals surface area contributed by atoms with E-state index in [9.17, 15) is 0 Å². The van der Waals surface area contributed by atoms with Gasteiger partial charge >= 0.3 is 0 Å². The van der Waals surface area contributed by atoms with Crippen LogP contribution >= 0.6 is 0 Å². The zero-order valence-electron chi connectivity index (χ0n) is 8.76. The van der Waals surface area contributed by atoms with Gasteiger partial charge in [-0.25, -0.2) is 0 Å². The van der Waals surface area contributed by atoms with Crippen LogP contribution < -0.4 is 5.32 Å². The van der Waals surface area contributed by atoms with Crippen LogP contribution in [-0.2, 0) is 9.47 Å². The van der Waals surface area contributed by atoms with Gasteiger partial charge in [0.2, 0.25) is 11.7 Å². The third kappa shape index (κ3) is 2.46. The number of nitrogens with one attached hydrogen (secondary N) is 1. The highest BCUT2D eigenvalue weighted by molar-refractivity contribution is 5.19. The molecule has 0 saturated carbocycles. The van der Waals surface area contributed by atoms with E-state index in [1.807, 2.05) is 32.9 Å². The standard InChI is InChI=1S/C11H15NO2/c1-5-7-9-10(12-8-6-2)14-11(3,4)13-9/h2,5,7,12H,8H2,1,3-4H3/b7-5-. The molecule has 1 aliphatic rings. The van der Waals surface area contributed by atoms with Crippen molar-refractivity contribution >= 4 is 0 Å². The molecule has 14 heavy (non-hydrogen) atoms. The maximum Gasteiger partial charge on any atom is 0.247 e. The van der Waals surface area contributed by atoms with Gasteiger partial charge in [0.15, 0.2) is 5.76 Å². The zero-order chi connectivity index (χ0) is 10.6. The first-order valence-corrected chi connectivity index (χ1v) is 4.51. The molecule has 0 spiro atoms. The van der Waals surface area contributed by atoms with Crippen LogP contribution in [-0.4, -0.2) is 12.3 Å². The molecule has 0 aromatic rings. The molecule has 0 aliphatic carbocycles. The Balaban J connectivity index is 2.75. The SMILES string of the molecule is C#CCNC1=C(/C=C\C)OC(C)(C)O1. The maximum atomic E-state index is 5.54. The van der Waals surface area contributed by atoms with Crippen molar-refractivity contribution in [2.75, 3.05) is 6.54 Å². The van der Waals surface area contributed by atoms with E-state index < -0.39 is 5.79 Å². The number of hydrogen-bond acceptors (Lipinski definition) is 3. The number of allylic oxidation sites excluding steroid dienone is 2. The Bertz CT molecular complexity index is 308. The molecule has 0 unspecified atom stereocenters. The van der Waals surface area contributed by atoms with Gasteiger partial charge < -0.3 is 14.8 Å². The van der Waals surface area contributed by atoms with E-state index in [0.29, 0.717) is 18.2 Å². The molecule has 0 radical (unpaired) electrons. The van der Waals surface area contributed by atoms with Gasteiger partial charge in [-0.1, -0.05) is 12.0 Å². The molecule has 1 aliphatic heterocycles. The lowest BCUT2D eigenvalue weighted by Gasteiger charge is -2.18. The van der Waals surface area contributed by atoms with Gasteiger partial charge in [0.1, 0.15) is 0 Å². The summed E-state index contributed by atoms with van der Waals surface area (Å²) < 4.78 is 11.1. The van der Waals surface area contributed by atoms with Gasteiger partial charge in [-0.3, -0.25) is 0 Å². The molecule has 1 rings (SSSR count). The van der Waals surface area contributed by atoms with Crippen LogP contribution in [0.1, 0.15) is 20.8 Å². The van der Waals surface area contributed by atoms with Crippen LogP contribution in [0.4, 0.5) is 0 Å². The van der Waals surface area contributed by atoms with Crippen molar-refractivity contribution in [1.82, 2.24) is 5.32 Å². The summed E-state index contributed by atoms with van der Waals surface area (Å²) in [5.74, 6) is 3.15. The summed E-state index contributed by atoms with van der Waals surface area (Å²) in [4.78, 5) is 0. The minimum atomic E-state index is -0.619. The largest absolute Gasteiger partial charge is 0.447 e. The molecule has 1 N–H and O–H groups in total. The lowest BCUT2D eigenvalue weighted by molar-refractivity contribution is -0.123. The fraction of sp³-hybridized carbons (Fsp3) is 0.455. The Morgan fingerprint density at radius 2 is 2.21 bits per heavy atom. The van der Waals surface area contributed by atoms with Crippen LogP contribution in [0.2, 0.25) is 0 Å². The van der Waals surface area contributed by atoms with E-state index in [2.05, 4.69) is 11.2 Å². The Morgan fingerprint density at radius 3 is 2.79 bits per heavy atom. The van der Waals surface area contributed by atoms with Crippen molar-refractivity contribution < 1.29 is 9.47 Å². The van der Waals surface area contributed by atoms with E-state index in [1.54, 1.807) is 0 Å². The summed E-state index contributed by atoms with van der Waals surface area (Å²) in [7, 11) is 0. The second-order valence-corrected chi connectivity index (χ2v) is 3.36. The predicted octanol–water partition coefficient (Wildman–Crippen LogP) is 1.74. The molecule has 0 bridgehead atoms. The van der Waals surface area contributed by atoms with E-state index in [-0.39, 0.29) is 0 Å². The molecule has 76 valence electrons. The van der Waals surface area contributed by atoms with E-state index in [4.69, 9.17) is 15.9 Å². The van der Waals surface area contributed by atoms with Crippen LogP contribution in [0.25, 0.3) is 0 Å². The van der Waals surface area contributed by atoms with E-state index in [1.165, 1.54) is 0 Å². The summed E-state index contributed by atoms with van der Waals surface area (Å²) in [6.45, 7) is 6.04. The Kier molecular flexibility index (Phi) is 3.08. The highest BCUT2D eigenvalue weighted by atomic mass is 16.7. The zero-order valence-corrected chi connectivity index (χ0v) is 8.76. The quantitative estimate of drug-likeness (QED) is 0.692. The first kappa shape index (κ1) is 10.5. The summed E-state index contributed by atoms with van der Waals surface area (Å²) in [6.07, 6.45) is 8.87. The average molecular weight is 193 g/mol. The van der Waals surface area contributed by atoms with Crippen molar-refractivity contribution in [3.63, 3.8) is 0 Å². The average Bonchev–Trinajstić information content (AvgIpc) is 2.38. The molecule has 0 saturated heterocycles. The first-order chi connectivity index (χ1) is 6.59. The minimum Gasteiger partial charge on any atom is -0.447 e. The van der Waals surface area contributed by atoms with Gasteiger partial charge in [-0.2, -0.15) is 0 Å². The lowest BCUT2D eigenvalue weighted by atomic mass is 10.4. The molecule has 1 heterocycles. The number of hydrogen-bond donors (Lipinski definition) is 1. The van der Waals surface area contributed by atoms with Gasteiger partial charge in [0.05, 0.1) is 6.54 Å². The molecule has 0 fully saturated rings. The third-order valence-electron chi connectivity index (χ3n) is 1.60. The number of ether oxygens (including phenoxy) is 2. The van der Waals surface area contributed by atoms with Crippen molar-refractivity contribution in [3.05, 3.63) is 23.8 Å². The van der Waals surface area contributed by atoms with Gasteiger partial charge in [0.25, 0.3) is 0 Å². The Morgan fingerprint density at radius 1 is 1.50 bits per heavy atom. The van der Waals surface area contributed by atoms with Crippen LogP contribution in [0, 0.1) is 12.3 Å². The fourth-order valence-corrected chi connectivity index (χ4v) is 1.14. The Hall–Kier alpha value is -1.56. The molecule has 3 nitrogen and oxygen atoms in total. The topological polar surface area (TPSA) is 30.5 Å². The van der Waals surface area contributed by atoms with Crippen molar-refractivity contribution in [2.45, 2.75) is 26.6 Å². The molecule has 0 atom stereocenters. The molecule has 0 aromatic heterocycles. The third-order valence-corrected chi connectivity index (χ3v) is 1.60. The first-order valence-electron chi connectivity index (χ1n) is 4.51. The molecule has 0 aromatic carbocycles. The fourth-order valence-electron chi connectivity index (χ4n) is 1.14. The molecular weight excluding hydrogens is 178 g/mol. The van der Waals surface area contributed by atoms with Crippen molar-refractivity contribution in [3.8, 4) is 12.3 Å². The lowest BCUT2D eigenvalue weighted by Crippen LogP contribution is -2.24. The summed E-state index contributed by atoms with van der Waals surface area (Å²) in [6, 6.07) is 0. The highest BCUT2D eigenvalue weighted by Crippen LogP contribution is 2.29. The molecule has 0 amide bonds. The van der Waals surface area contributed by atoms with Crippen LogP contribution in [0.15, 0.2) is 23.8 Å². The normalized spacial score (nSPS) is 19.0. The van der Waals surface area contributed by atoms with Gasteiger partial charge in [-0.15, -0.1) is 6.42 Å². The monoisotopic (exact) mass is 193 g/mol.